The average Bonchev–Trinajstić information content (AvgIpc) is 3.27. The molecule has 112 valence electrons. The van der Waals surface area contributed by atoms with E-state index in [1.54, 1.807) is 5.57 Å². The van der Waals surface area contributed by atoms with Gasteiger partial charge in [0.1, 0.15) is 5.78 Å². The van der Waals surface area contributed by atoms with Crippen molar-refractivity contribution in [3.63, 3.8) is 0 Å². The number of carbonyl (C=O) groups is 1. The summed E-state index contributed by atoms with van der Waals surface area (Å²) >= 11 is 0. The van der Waals surface area contributed by atoms with E-state index in [1.807, 2.05) is 0 Å². The van der Waals surface area contributed by atoms with E-state index < -0.39 is 0 Å². The number of ketones is 1. The van der Waals surface area contributed by atoms with Crippen LogP contribution in [-0.2, 0) is 4.79 Å². The molecule has 2 nitrogen and oxygen atoms in total. The van der Waals surface area contributed by atoms with Gasteiger partial charge in [0.2, 0.25) is 0 Å². The molecule has 2 aliphatic carbocycles. The second kappa shape index (κ2) is 6.57. The average molecular weight is 283 g/mol. The zero-order valence-corrected chi connectivity index (χ0v) is 12.8. The van der Waals surface area contributed by atoms with Crippen molar-refractivity contribution in [1.82, 2.24) is 5.32 Å². The van der Waals surface area contributed by atoms with Gasteiger partial charge in [-0.2, -0.15) is 0 Å². The van der Waals surface area contributed by atoms with Gasteiger partial charge in [-0.25, -0.2) is 0 Å². The van der Waals surface area contributed by atoms with Crippen molar-refractivity contribution in [2.24, 2.45) is 5.92 Å². The van der Waals surface area contributed by atoms with Gasteiger partial charge in [0.15, 0.2) is 0 Å². The van der Waals surface area contributed by atoms with Gasteiger partial charge in [-0.1, -0.05) is 48.9 Å². The normalized spacial score (nSPS) is 26.9. The Morgan fingerprint density at radius 3 is 2.62 bits per heavy atom. The predicted octanol–water partition coefficient (Wildman–Crippen LogP) is 3.97. The van der Waals surface area contributed by atoms with Gasteiger partial charge < -0.3 is 5.32 Å². The Kier molecular flexibility index (Phi) is 4.54. The number of rotatable bonds is 5. The highest BCUT2D eigenvalue weighted by Gasteiger charge is 2.40. The molecule has 0 saturated heterocycles. The van der Waals surface area contributed by atoms with Gasteiger partial charge in [-0.05, 0) is 37.2 Å². The van der Waals surface area contributed by atoms with E-state index in [-0.39, 0.29) is 0 Å². The molecule has 2 saturated carbocycles. The summed E-state index contributed by atoms with van der Waals surface area (Å²) < 4.78 is 0. The topological polar surface area (TPSA) is 29.1 Å². The molecular weight excluding hydrogens is 258 g/mol. The Hall–Kier alpha value is -1.41. The third kappa shape index (κ3) is 3.82. The van der Waals surface area contributed by atoms with Crippen molar-refractivity contribution >= 4 is 11.9 Å². The summed E-state index contributed by atoms with van der Waals surface area (Å²) in [6, 6.07) is 11.8. The standard InChI is InChI=1S/C19H25NO/c1-2-15(12-14-6-4-3-5-7-14)18-13-19(18)20-16-8-10-17(21)11-9-16/h3-7,12,16,18-20H,2,8-11,13H2,1H3. The molecule has 0 amide bonds. The molecule has 1 aromatic carbocycles. The van der Waals surface area contributed by atoms with Crippen LogP contribution in [0.1, 0.15) is 51.0 Å². The van der Waals surface area contributed by atoms with E-state index in [0.717, 1.165) is 32.1 Å². The van der Waals surface area contributed by atoms with Gasteiger partial charge in [0.25, 0.3) is 0 Å². The molecule has 0 bridgehead atoms. The Bertz CT molecular complexity index is 510. The molecule has 2 aliphatic rings. The van der Waals surface area contributed by atoms with Crippen LogP contribution in [0.2, 0.25) is 0 Å². The smallest absolute Gasteiger partial charge is 0.133 e. The first-order valence-corrected chi connectivity index (χ1v) is 8.29. The van der Waals surface area contributed by atoms with E-state index >= 15 is 0 Å². The van der Waals surface area contributed by atoms with E-state index in [4.69, 9.17) is 0 Å². The van der Waals surface area contributed by atoms with Crippen LogP contribution in [0.25, 0.3) is 6.08 Å². The second-order valence-electron chi connectivity index (χ2n) is 6.41. The summed E-state index contributed by atoms with van der Waals surface area (Å²) in [7, 11) is 0. The quantitative estimate of drug-likeness (QED) is 0.886. The van der Waals surface area contributed by atoms with Crippen LogP contribution in [0, 0.1) is 5.92 Å². The molecule has 3 rings (SSSR count). The van der Waals surface area contributed by atoms with E-state index in [0.29, 0.717) is 23.8 Å². The summed E-state index contributed by atoms with van der Waals surface area (Å²) in [4.78, 5) is 11.3. The second-order valence-corrected chi connectivity index (χ2v) is 6.41. The predicted molar refractivity (Wildman–Crippen MR) is 87.0 cm³/mol. The summed E-state index contributed by atoms with van der Waals surface area (Å²) in [6.07, 6.45) is 8.36. The highest BCUT2D eigenvalue weighted by Crippen LogP contribution is 2.40. The Morgan fingerprint density at radius 2 is 1.95 bits per heavy atom. The van der Waals surface area contributed by atoms with Gasteiger partial charge in [0.05, 0.1) is 0 Å². The minimum atomic E-state index is 0.443. The third-order valence-corrected chi connectivity index (χ3v) is 4.82. The molecule has 2 atom stereocenters. The van der Waals surface area contributed by atoms with Crippen LogP contribution < -0.4 is 5.32 Å². The zero-order valence-electron chi connectivity index (χ0n) is 12.8. The number of carbonyl (C=O) groups excluding carboxylic acids is 1. The molecule has 0 spiro atoms. The SMILES string of the molecule is CCC(=Cc1ccccc1)C1CC1NC1CCC(=O)CC1. The van der Waals surface area contributed by atoms with Crippen molar-refractivity contribution in [3.8, 4) is 0 Å². The molecule has 0 aliphatic heterocycles. The maximum atomic E-state index is 11.3. The summed E-state index contributed by atoms with van der Waals surface area (Å²) in [6.45, 7) is 2.25. The molecule has 1 aromatic rings. The molecule has 0 aromatic heterocycles. The maximum Gasteiger partial charge on any atom is 0.133 e. The molecule has 2 unspecified atom stereocenters. The highest BCUT2D eigenvalue weighted by atomic mass is 16.1. The van der Waals surface area contributed by atoms with Crippen molar-refractivity contribution < 1.29 is 4.79 Å². The summed E-state index contributed by atoms with van der Waals surface area (Å²) in [5, 5.41) is 3.77. The molecule has 0 heterocycles. The molecule has 2 fully saturated rings. The Balaban J connectivity index is 1.56. The molecular formula is C19H25NO. The first-order chi connectivity index (χ1) is 10.3. The lowest BCUT2D eigenvalue weighted by Gasteiger charge is -2.22. The monoisotopic (exact) mass is 283 g/mol. The Labute approximate surface area is 127 Å². The van der Waals surface area contributed by atoms with E-state index in [2.05, 4.69) is 48.6 Å². The number of benzene rings is 1. The van der Waals surface area contributed by atoms with Gasteiger partial charge in [-0.15, -0.1) is 0 Å². The largest absolute Gasteiger partial charge is 0.311 e. The van der Waals surface area contributed by atoms with E-state index in [1.165, 1.54) is 12.0 Å². The lowest BCUT2D eigenvalue weighted by molar-refractivity contribution is -0.120. The van der Waals surface area contributed by atoms with Crippen LogP contribution in [0.15, 0.2) is 35.9 Å². The number of Topliss-reactive ketones (excluding diaryl/α,β-unsaturated/α-hetero) is 1. The van der Waals surface area contributed by atoms with E-state index in [9.17, 15) is 4.79 Å². The molecule has 21 heavy (non-hydrogen) atoms. The van der Waals surface area contributed by atoms with Crippen molar-refractivity contribution in [2.75, 3.05) is 0 Å². The molecule has 2 heteroatoms. The van der Waals surface area contributed by atoms with Gasteiger partial charge in [-0.3, -0.25) is 4.79 Å². The van der Waals surface area contributed by atoms with Crippen LogP contribution in [0.4, 0.5) is 0 Å². The zero-order chi connectivity index (χ0) is 14.7. The highest BCUT2D eigenvalue weighted by molar-refractivity contribution is 5.79. The maximum absolute atomic E-state index is 11.3. The number of hydrogen-bond donors (Lipinski definition) is 1. The fourth-order valence-corrected chi connectivity index (χ4v) is 3.43. The van der Waals surface area contributed by atoms with Crippen molar-refractivity contribution in [1.29, 1.82) is 0 Å². The summed E-state index contributed by atoms with van der Waals surface area (Å²) in [5.74, 6) is 1.14. The fraction of sp³-hybridized carbons (Fsp3) is 0.526. The Morgan fingerprint density at radius 1 is 1.24 bits per heavy atom. The first kappa shape index (κ1) is 14.5. The van der Waals surface area contributed by atoms with Crippen LogP contribution >= 0.6 is 0 Å². The van der Waals surface area contributed by atoms with Crippen LogP contribution in [0.5, 0.6) is 0 Å². The van der Waals surface area contributed by atoms with Crippen LogP contribution in [-0.4, -0.2) is 17.9 Å². The van der Waals surface area contributed by atoms with Crippen molar-refractivity contribution in [2.45, 2.75) is 57.5 Å². The molecule has 1 N–H and O–H groups in total. The van der Waals surface area contributed by atoms with Crippen LogP contribution in [0.3, 0.4) is 0 Å². The summed E-state index contributed by atoms with van der Waals surface area (Å²) in [5.41, 5.74) is 2.87. The minimum absolute atomic E-state index is 0.443. The number of hydrogen-bond acceptors (Lipinski definition) is 2. The van der Waals surface area contributed by atoms with Crippen molar-refractivity contribution in [3.05, 3.63) is 41.5 Å². The fourth-order valence-electron chi connectivity index (χ4n) is 3.43. The third-order valence-electron chi connectivity index (χ3n) is 4.82. The van der Waals surface area contributed by atoms with Gasteiger partial charge in [0, 0.05) is 24.9 Å². The first-order valence-electron chi connectivity index (χ1n) is 8.29. The number of nitrogens with one attached hydrogen (secondary N) is 1. The lowest BCUT2D eigenvalue weighted by atomic mass is 9.94. The molecule has 0 radical (unpaired) electrons. The minimum Gasteiger partial charge on any atom is -0.311 e. The lowest BCUT2D eigenvalue weighted by Crippen LogP contribution is -2.35. The van der Waals surface area contributed by atoms with Gasteiger partial charge >= 0.3 is 0 Å².